The van der Waals surface area contributed by atoms with Crippen molar-refractivity contribution in [3.05, 3.63) is 95.6 Å². The average molecular weight is 386 g/mol. The van der Waals surface area contributed by atoms with Crippen LogP contribution in [0.2, 0.25) is 0 Å². The predicted octanol–water partition coefficient (Wildman–Crippen LogP) is 3.88. The highest BCUT2D eigenvalue weighted by molar-refractivity contribution is 6.01. The lowest BCUT2D eigenvalue weighted by Gasteiger charge is -2.30. The minimum Gasteiger partial charge on any atom is -0.482 e. The van der Waals surface area contributed by atoms with Crippen molar-refractivity contribution in [2.24, 2.45) is 0 Å². The first-order valence-corrected chi connectivity index (χ1v) is 9.52. The van der Waals surface area contributed by atoms with Crippen LogP contribution in [0.15, 0.2) is 78.9 Å². The summed E-state index contributed by atoms with van der Waals surface area (Å²) in [6, 6.07) is 24.9. The fourth-order valence-corrected chi connectivity index (χ4v) is 3.42. The Kier molecular flexibility index (Phi) is 5.29. The van der Waals surface area contributed by atoms with Crippen LogP contribution in [0.5, 0.6) is 5.75 Å². The Morgan fingerprint density at radius 3 is 2.31 bits per heavy atom. The number of hydrogen-bond donors (Lipinski definition) is 0. The highest BCUT2D eigenvalue weighted by atomic mass is 16.5. The van der Waals surface area contributed by atoms with Gasteiger partial charge in [-0.15, -0.1) is 0 Å². The lowest BCUT2D eigenvalue weighted by atomic mass is 10.1. The molecule has 0 aromatic heterocycles. The Morgan fingerprint density at radius 1 is 0.966 bits per heavy atom. The molecule has 146 valence electrons. The van der Waals surface area contributed by atoms with E-state index in [1.807, 2.05) is 60.7 Å². The molecule has 0 saturated carbocycles. The van der Waals surface area contributed by atoms with Crippen molar-refractivity contribution < 1.29 is 14.3 Å². The summed E-state index contributed by atoms with van der Waals surface area (Å²) < 4.78 is 5.58. The van der Waals surface area contributed by atoms with E-state index < -0.39 is 0 Å². The van der Waals surface area contributed by atoms with Crippen LogP contribution < -0.4 is 9.64 Å². The van der Waals surface area contributed by atoms with Crippen molar-refractivity contribution in [1.82, 2.24) is 4.90 Å². The zero-order valence-electron chi connectivity index (χ0n) is 16.2. The van der Waals surface area contributed by atoms with Crippen molar-refractivity contribution in [2.45, 2.75) is 13.1 Å². The van der Waals surface area contributed by atoms with Gasteiger partial charge >= 0.3 is 0 Å². The van der Waals surface area contributed by atoms with Crippen LogP contribution in [0, 0.1) is 0 Å². The maximum atomic E-state index is 13.0. The summed E-state index contributed by atoms with van der Waals surface area (Å²) in [5, 5.41) is 0. The van der Waals surface area contributed by atoms with Crippen molar-refractivity contribution in [3.8, 4) is 5.75 Å². The Bertz CT molecular complexity index is 1020. The highest BCUT2D eigenvalue weighted by Gasteiger charge is 2.27. The number of nitrogens with zero attached hydrogens (tertiary/aromatic N) is 2. The maximum absolute atomic E-state index is 13.0. The molecule has 4 rings (SSSR count). The largest absolute Gasteiger partial charge is 0.482 e. The van der Waals surface area contributed by atoms with E-state index in [0.29, 0.717) is 30.1 Å². The summed E-state index contributed by atoms with van der Waals surface area (Å²) in [5.41, 5.74) is 3.24. The van der Waals surface area contributed by atoms with Crippen LogP contribution in [-0.2, 0) is 17.9 Å². The van der Waals surface area contributed by atoms with Gasteiger partial charge in [0, 0.05) is 19.2 Å². The summed E-state index contributed by atoms with van der Waals surface area (Å²) in [6.07, 6.45) is 0. The van der Waals surface area contributed by atoms with Gasteiger partial charge in [-0.05, 0) is 29.3 Å². The number of amides is 2. The molecule has 0 atom stereocenters. The molecule has 3 aromatic carbocycles. The van der Waals surface area contributed by atoms with E-state index in [-0.39, 0.29) is 18.4 Å². The lowest BCUT2D eigenvalue weighted by molar-refractivity contribution is -0.121. The monoisotopic (exact) mass is 386 g/mol. The third-order valence-electron chi connectivity index (χ3n) is 4.94. The van der Waals surface area contributed by atoms with Gasteiger partial charge in [-0.3, -0.25) is 9.59 Å². The van der Waals surface area contributed by atoms with Crippen LogP contribution in [-0.4, -0.2) is 30.4 Å². The minimum absolute atomic E-state index is 0.00103. The molecule has 0 spiro atoms. The van der Waals surface area contributed by atoms with Crippen molar-refractivity contribution in [2.75, 3.05) is 18.6 Å². The molecule has 5 nitrogen and oxygen atoms in total. The third kappa shape index (κ3) is 4.14. The van der Waals surface area contributed by atoms with Gasteiger partial charge in [0.25, 0.3) is 11.8 Å². The maximum Gasteiger partial charge on any atom is 0.265 e. The molecule has 5 heteroatoms. The van der Waals surface area contributed by atoms with Crippen LogP contribution in [0.3, 0.4) is 0 Å². The number of benzene rings is 3. The van der Waals surface area contributed by atoms with Crippen LogP contribution in [0.4, 0.5) is 5.69 Å². The zero-order valence-corrected chi connectivity index (χ0v) is 16.2. The molecule has 0 unspecified atom stereocenters. The van der Waals surface area contributed by atoms with Gasteiger partial charge in [0.15, 0.2) is 6.61 Å². The van der Waals surface area contributed by atoms with Gasteiger partial charge in [0.2, 0.25) is 0 Å². The van der Waals surface area contributed by atoms with Gasteiger partial charge in [0.05, 0.1) is 12.2 Å². The molecule has 1 heterocycles. The van der Waals surface area contributed by atoms with Crippen LogP contribution in [0.1, 0.15) is 21.5 Å². The standard InChI is InChI=1S/C24H22N2O3/c1-25(15-18-8-4-2-5-9-18)24(28)20-12-13-22-21(14-20)26(23(27)17-29-22)16-19-10-6-3-7-11-19/h2-14H,15-17H2,1H3. The number of rotatable bonds is 5. The van der Waals surface area contributed by atoms with E-state index in [1.54, 1.807) is 35.0 Å². The van der Waals surface area contributed by atoms with Gasteiger partial charge in [0.1, 0.15) is 5.75 Å². The van der Waals surface area contributed by atoms with E-state index in [2.05, 4.69) is 0 Å². The SMILES string of the molecule is CN(Cc1ccccc1)C(=O)c1ccc2c(c1)N(Cc1ccccc1)C(=O)CO2. The molecule has 3 aromatic rings. The zero-order chi connectivity index (χ0) is 20.2. The molecular formula is C24H22N2O3. The second-order valence-corrected chi connectivity index (χ2v) is 7.08. The summed E-state index contributed by atoms with van der Waals surface area (Å²) in [5.74, 6) is 0.390. The molecule has 0 bridgehead atoms. The van der Waals surface area contributed by atoms with Gasteiger partial charge in [-0.2, -0.15) is 0 Å². The molecule has 1 aliphatic heterocycles. The molecule has 1 aliphatic rings. The number of carbonyl (C=O) groups excluding carboxylic acids is 2. The number of fused-ring (bicyclic) bond motifs is 1. The van der Waals surface area contributed by atoms with Gasteiger partial charge < -0.3 is 14.5 Å². The molecule has 0 aliphatic carbocycles. The van der Waals surface area contributed by atoms with E-state index in [9.17, 15) is 9.59 Å². The minimum atomic E-state index is -0.122. The third-order valence-corrected chi connectivity index (χ3v) is 4.94. The summed E-state index contributed by atoms with van der Waals surface area (Å²) in [7, 11) is 1.78. The second kappa shape index (κ2) is 8.19. The molecule has 29 heavy (non-hydrogen) atoms. The summed E-state index contributed by atoms with van der Waals surface area (Å²) >= 11 is 0. The molecule has 0 fully saturated rings. The molecule has 0 N–H and O–H groups in total. The predicted molar refractivity (Wildman–Crippen MR) is 112 cm³/mol. The quantitative estimate of drug-likeness (QED) is 0.669. The van der Waals surface area contributed by atoms with E-state index in [1.165, 1.54) is 0 Å². The fraction of sp³-hybridized carbons (Fsp3) is 0.167. The van der Waals surface area contributed by atoms with Crippen molar-refractivity contribution >= 4 is 17.5 Å². The Morgan fingerprint density at radius 2 is 1.62 bits per heavy atom. The van der Waals surface area contributed by atoms with Crippen LogP contribution in [0.25, 0.3) is 0 Å². The first-order valence-electron chi connectivity index (χ1n) is 9.52. The number of carbonyl (C=O) groups is 2. The summed E-state index contributed by atoms with van der Waals surface area (Å²) in [6.45, 7) is 0.953. The van der Waals surface area contributed by atoms with Crippen molar-refractivity contribution in [3.63, 3.8) is 0 Å². The number of anilines is 1. The smallest absolute Gasteiger partial charge is 0.265 e. The first-order chi connectivity index (χ1) is 14.1. The van der Waals surface area contributed by atoms with Crippen LogP contribution >= 0.6 is 0 Å². The average Bonchev–Trinajstić information content (AvgIpc) is 2.76. The summed E-state index contributed by atoms with van der Waals surface area (Å²) in [4.78, 5) is 28.8. The number of hydrogen-bond acceptors (Lipinski definition) is 3. The fourth-order valence-electron chi connectivity index (χ4n) is 3.42. The van der Waals surface area contributed by atoms with E-state index in [4.69, 9.17) is 4.74 Å². The first kappa shape index (κ1) is 18.7. The Hall–Kier alpha value is -3.60. The molecular weight excluding hydrogens is 364 g/mol. The van der Waals surface area contributed by atoms with Crippen molar-refractivity contribution in [1.29, 1.82) is 0 Å². The normalized spacial score (nSPS) is 12.9. The molecule has 0 radical (unpaired) electrons. The molecule has 2 amide bonds. The topological polar surface area (TPSA) is 49.9 Å². The molecule has 0 saturated heterocycles. The Labute approximate surface area is 170 Å². The Balaban J connectivity index is 1.59. The second-order valence-electron chi connectivity index (χ2n) is 7.08. The van der Waals surface area contributed by atoms with Gasteiger partial charge in [-0.1, -0.05) is 60.7 Å². The van der Waals surface area contributed by atoms with E-state index in [0.717, 1.165) is 11.1 Å². The van der Waals surface area contributed by atoms with E-state index >= 15 is 0 Å². The lowest BCUT2D eigenvalue weighted by Crippen LogP contribution is -2.38. The highest BCUT2D eigenvalue weighted by Crippen LogP contribution is 2.34. The number of ether oxygens (including phenoxy) is 1. The van der Waals surface area contributed by atoms with Gasteiger partial charge in [-0.25, -0.2) is 0 Å².